The third kappa shape index (κ3) is 2.60. The molecule has 21 heavy (non-hydrogen) atoms. The molecule has 0 amide bonds. The summed E-state index contributed by atoms with van der Waals surface area (Å²) < 4.78 is 16.8. The Balaban J connectivity index is 1.93. The molecule has 0 spiro atoms. The van der Waals surface area contributed by atoms with Gasteiger partial charge in [0.2, 0.25) is 0 Å². The van der Waals surface area contributed by atoms with Crippen LogP contribution in [0.3, 0.4) is 0 Å². The third-order valence-corrected chi connectivity index (χ3v) is 3.20. The van der Waals surface area contributed by atoms with Crippen molar-refractivity contribution in [3.8, 4) is 5.69 Å². The minimum absolute atomic E-state index is 0.185. The van der Waals surface area contributed by atoms with Gasteiger partial charge >= 0.3 is 0 Å². The number of benzene rings is 1. The lowest BCUT2D eigenvalue weighted by molar-refractivity contribution is 0.607. The number of nitrogens with zero attached hydrogens (tertiary/aromatic N) is 4. The second kappa shape index (κ2) is 5.32. The fourth-order valence-electron chi connectivity index (χ4n) is 2.10. The number of para-hydroxylation sites is 1. The summed E-state index contributed by atoms with van der Waals surface area (Å²) in [5, 5.41) is 4.32. The molecule has 0 N–H and O–H groups in total. The van der Waals surface area contributed by atoms with Crippen LogP contribution in [0, 0.1) is 12.7 Å². The summed E-state index contributed by atoms with van der Waals surface area (Å²) in [5.74, 6) is -0.343. The van der Waals surface area contributed by atoms with Gasteiger partial charge in [-0.2, -0.15) is 5.10 Å². The molecular weight excluding hydrogens is 271 g/mol. The Hall–Kier alpha value is -2.76. The molecule has 0 fully saturated rings. The van der Waals surface area contributed by atoms with Gasteiger partial charge in [0.1, 0.15) is 11.5 Å². The van der Waals surface area contributed by atoms with E-state index in [4.69, 9.17) is 0 Å². The Kier molecular flexibility index (Phi) is 3.35. The molecule has 3 rings (SSSR count). The molecule has 6 heteroatoms. The van der Waals surface area contributed by atoms with Crippen LogP contribution in [0.4, 0.5) is 4.39 Å². The van der Waals surface area contributed by atoms with Crippen LogP contribution in [0.25, 0.3) is 5.69 Å². The van der Waals surface area contributed by atoms with E-state index >= 15 is 0 Å². The van der Waals surface area contributed by atoms with Crippen molar-refractivity contribution in [3.05, 3.63) is 76.5 Å². The number of aryl methyl sites for hydroxylation is 1. The molecule has 5 nitrogen and oxygen atoms in total. The summed E-state index contributed by atoms with van der Waals surface area (Å²) in [6.45, 7) is 2.14. The van der Waals surface area contributed by atoms with Gasteiger partial charge in [-0.15, -0.1) is 0 Å². The number of halogens is 1. The van der Waals surface area contributed by atoms with Crippen molar-refractivity contribution < 1.29 is 4.39 Å². The number of hydrogen-bond acceptors (Lipinski definition) is 3. The Labute approximate surface area is 120 Å². The molecule has 0 bridgehead atoms. The van der Waals surface area contributed by atoms with Gasteiger partial charge in [-0.05, 0) is 25.1 Å². The molecule has 2 aromatic heterocycles. The summed E-state index contributed by atoms with van der Waals surface area (Å²) in [5.41, 5.74) is 1.62. The van der Waals surface area contributed by atoms with Crippen molar-refractivity contribution in [2.45, 2.75) is 13.5 Å². The summed E-state index contributed by atoms with van der Waals surface area (Å²) in [6, 6.07) is 8.17. The molecule has 0 aliphatic heterocycles. The van der Waals surface area contributed by atoms with Gasteiger partial charge in [0, 0.05) is 18.1 Å². The Morgan fingerprint density at radius 1 is 1.19 bits per heavy atom. The van der Waals surface area contributed by atoms with Crippen molar-refractivity contribution in [1.82, 2.24) is 19.3 Å². The highest BCUT2D eigenvalue weighted by molar-refractivity contribution is 5.32. The molecule has 0 saturated carbocycles. The standard InChI is InChI=1S/C15H13FN4O/c1-11-8-17-9-15(21)19(11)10-12-6-7-20(18-12)14-5-3-2-4-13(14)16/h2-9H,10H2,1H3. The maximum Gasteiger partial charge on any atom is 0.269 e. The molecule has 0 unspecified atom stereocenters. The van der Waals surface area contributed by atoms with Crippen LogP contribution in [-0.4, -0.2) is 19.3 Å². The summed E-state index contributed by atoms with van der Waals surface area (Å²) in [7, 11) is 0. The molecule has 1 aromatic carbocycles. The van der Waals surface area contributed by atoms with Gasteiger partial charge in [-0.25, -0.2) is 9.07 Å². The zero-order valence-electron chi connectivity index (χ0n) is 11.4. The van der Waals surface area contributed by atoms with Gasteiger partial charge in [0.05, 0.1) is 18.4 Å². The SMILES string of the molecule is Cc1cncc(=O)n1Cc1ccn(-c2ccccc2F)n1. The molecule has 0 atom stereocenters. The normalized spacial score (nSPS) is 10.8. The summed E-state index contributed by atoms with van der Waals surface area (Å²) in [6.07, 6.45) is 4.56. The van der Waals surface area contributed by atoms with E-state index in [1.165, 1.54) is 16.9 Å². The molecule has 0 radical (unpaired) electrons. The predicted molar refractivity (Wildman–Crippen MR) is 75.9 cm³/mol. The van der Waals surface area contributed by atoms with Crippen LogP contribution >= 0.6 is 0 Å². The third-order valence-electron chi connectivity index (χ3n) is 3.20. The van der Waals surface area contributed by atoms with E-state index in [0.717, 1.165) is 5.69 Å². The van der Waals surface area contributed by atoms with Gasteiger partial charge in [0.25, 0.3) is 5.56 Å². The van der Waals surface area contributed by atoms with Gasteiger partial charge < -0.3 is 4.57 Å². The van der Waals surface area contributed by atoms with Crippen molar-refractivity contribution in [3.63, 3.8) is 0 Å². The van der Waals surface area contributed by atoms with Crippen molar-refractivity contribution in [1.29, 1.82) is 0 Å². The van der Waals surface area contributed by atoms with Gasteiger partial charge in [0.15, 0.2) is 0 Å². The summed E-state index contributed by atoms with van der Waals surface area (Å²) in [4.78, 5) is 15.6. The van der Waals surface area contributed by atoms with E-state index in [1.807, 2.05) is 6.92 Å². The summed E-state index contributed by atoms with van der Waals surface area (Å²) >= 11 is 0. The lowest BCUT2D eigenvalue weighted by Gasteiger charge is -2.06. The fraction of sp³-hybridized carbons (Fsp3) is 0.133. The topological polar surface area (TPSA) is 52.7 Å². The van der Waals surface area contributed by atoms with Gasteiger partial charge in [-0.1, -0.05) is 12.1 Å². The fourth-order valence-corrected chi connectivity index (χ4v) is 2.10. The van der Waals surface area contributed by atoms with Crippen molar-refractivity contribution in [2.24, 2.45) is 0 Å². The van der Waals surface area contributed by atoms with E-state index < -0.39 is 0 Å². The molecule has 0 aliphatic carbocycles. The minimum atomic E-state index is -0.343. The van der Waals surface area contributed by atoms with Crippen LogP contribution in [0.15, 0.2) is 53.7 Å². The number of aromatic nitrogens is 4. The molecule has 0 aliphatic rings. The highest BCUT2D eigenvalue weighted by atomic mass is 19.1. The average Bonchev–Trinajstić information content (AvgIpc) is 2.92. The van der Waals surface area contributed by atoms with Crippen LogP contribution in [-0.2, 0) is 6.54 Å². The smallest absolute Gasteiger partial charge is 0.269 e. The highest BCUT2D eigenvalue weighted by Gasteiger charge is 2.08. The van der Waals surface area contributed by atoms with Crippen molar-refractivity contribution >= 4 is 0 Å². The lowest BCUT2D eigenvalue weighted by atomic mass is 10.3. The first-order valence-electron chi connectivity index (χ1n) is 6.46. The largest absolute Gasteiger partial charge is 0.304 e. The Morgan fingerprint density at radius 2 is 2.00 bits per heavy atom. The van der Waals surface area contributed by atoms with Crippen LogP contribution in [0.2, 0.25) is 0 Å². The zero-order chi connectivity index (χ0) is 14.8. The first-order valence-corrected chi connectivity index (χ1v) is 6.46. The highest BCUT2D eigenvalue weighted by Crippen LogP contribution is 2.12. The van der Waals surface area contributed by atoms with Gasteiger partial charge in [-0.3, -0.25) is 9.78 Å². The molecule has 2 heterocycles. The average molecular weight is 284 g/mol. The minimum Gasteiger partial charge on any atom is -0.304 e. The van der Waals surface area contributed by atoms with Crippen LogP contribution in [0.5, 0.6) is 0 Å². The zero-order valence-corrected chi connectivity index (χ0v) is 11.4. The number of hydrogen-bond donors (Lipinski definition) is 0. The molecule has 0 saturated heterocycles. The van der Waals surface area contributed by atoms with E-state index in [2.05, 4.69) is 10.1 Å². The van der Waals surface area contributed by atoms with E-state index in [0.29, 0.717) is 17.9 Å². The maximum absolute atomic E-state index is 13.7. The first kappa shape index (κ1) is 13.2. The number of rotatable bonds is 3. The second-order valence-corrected chi connectivity index (χ2v) is 4.68. The Bertz CT molecular complexity index is 837. The molecule has 106 valence electrons. The van der Waals surface area contributed by atoms with E-state index in [9.17, 15) is 9.18 Å². The van der Waals surface area contributed by atoms with E-state index in [-0.39, 0.29) is 11.4 Å². The van der Waals surface area contributed by atoms with Crippen LogP contribution in [0.1, 0.15) is 11.4 Å². The van der Waals surface area contributed by atoms with Crippen molar-refractivity contribution in [2.75, 3.05) is 0 Å². The van der Waals surface area contributed by atoms with Crippen LogP contribution < -0.4 is 5.56 Å². The predicted octanol–water partition coefficient (Wildman–Crippen LogP) is 1.92. The maximum atomic E-state index is 13.7. The first-order chi connectivity index (χ1) is 10.1. The van der Waals surface area contributed by atoms with E-state index in [1.54, 1.807) is 41.2 Å². The lowest BCUT2D eigenvalue weighted by Crippen LogP contribution is -2.22. The Morgan fingerprint density at radius 3 is 2.76 bits per heavy atom. The molecular formula is C15H13FN4O. The monoisotopic (exact) mass is 284 g/mol. The molecule has 3 aromatic rings. The second-order valence-electron chi connectivity index (χ2n) is 4.68. The quantitative estimate of drug-likeness (QED) is 0.738.